The number of anilines is 2. The number of nitrogens with zero attached hydrogens (tertiary/aromatic N) is 5. The van der Waals surface area contributed by atoms with Gasteiger partial charge in [-0.05, 0) is 55.3 Å². The quantitative estimate of drug-likeness (QED) is 0.453. The molecule has 1 N–H and O–H groups in total. The largest absolute Gasteiger partial charge is 0.324 e. The van der Waals surface area contributed by atoms with Gasteiger partial charge in [-0.25, -0.2) is 9.97 Å². The lowest BCUT2D eigenvalue weighted by Crippen LogP contribution is -2.26. The van der Waals surface area contributed by atoms with Crippen LogP contribution in [0.2, 0.25) is 10.0 Å². The summed E-state index contributed by atoms with van der Waals surface area (Å²) in [7, 11) is 2.13. The Kier molecular flexibility index (Phi) is 5.78. The molecular formula is C24H22Cl2N6O. The maximum absolute atomic E-state index is 13.2. The van der Waals surface area contributed by atoms with Crippen LogP contribution in [0.5, 0.6) is 0 Å². The normalized spacial score (nSPS) is 13.8. The monoisotopic (exact) mass is 480 g/mol. The van der Waals surface area contributed by atoms with Crippen molar-refractivity contribution in [3.8, 4) is 5.69 Å². The minimum Gasteiger partial charge on any atom is -0.324 e. The van der Waals surface area contributed by atoms with Crippen molar-refractivity contribution >= 4 is 45.7 Å². The molecular weight excluding hydrogens is 459 g/mol. The molecule has 168 valence electrons. The van der Waals surface area contributed by atoms with Gasteiger partial charge in [0.15, 0.2) is 0 Å². The van der Waals surface area contributed by atoms with Gasteiger partial charge in [0.05, 0.1) is 21.1 Å². The fraction of sp³-hybridized carbons (Fsp3) is 0.250. The molecule has 0 fully saturated rings. The molecule has 0 aliphatic carbocycles. The van der Waals surface area contributed by atoms with Gasteiger partial charge >= 0.3 is 0 Å². The number of likely N-dealkylation sites (N-methyl/N-ethyl adjacent to an activating group) is 1. The first-order valence-corrected chi connectivity index (χ1v) is 11.5. The molecule has 0 radical (unpaired) electrons. The van der Waals surface area contributed by atoms with Gasteiger partial charge in [-0.15, -0.1) is 0 Å². The minimum absolute atomic E-state index is 0.344. The molecule has 0 saturated heterocycles. The van der Waals surface area contributed by atoms with E-state index in [1.807, 2.05) is 13.0 Å². The summed E-state index contributed by atoms with van der Waals surface area (Å²) in [5.74, 6) is 0.416. The second-order valence-corrected chi connectivity index (χ2v) is 8.95. The number of benzene rings is 2. The van der Waals surface area contributed by atoms with E-state index in [0.29, 0.717) is 44.7 Å². The Labute approximate surface area is 201 Å². The molecule has 9 heteroatoms. The third-order valence-electron chi connectivity index (χ3n) is 5.86. The highest BCUT2D eigenvalue weighted by Crippen LogP contribution is 2.28. The Morgan fingerprint density at radius 2 is 1.91 bits per heavy atom. The SMILES string of the molecule is CCc1nn(-c2c(Cl)cccc2Cl)c(=O)c2cnc(Nc3ccc4c(c3)CCN(C)C4)nc12. The van der Waals surface area contributed by atoms with Crippen molar-refractivity contribution in [2.24, 2.45) is 0 Å². The lowest BCUT2D eigenvalue weighted by molar-refractivity contribution is 0.313. The summed E-state index contributed by atoms with van der Waals surface area (Å²) in [4.78, 5) is 24.6. The molecule has 0 saturated carbocycles. The van der Waals surface area contributed by atoms with Crippen LogP contribution in [-0.2, 0) is 19.4 Å². The highest BCUT2D eigenvalue weighted by atomic mass is 35.5. The van der Waals surface area contributed by atoms with Gasteiger partial charge in [-0.1, -0.05) is 42.3 Å². The number of rotatable bonds is 4. The van der Waals surface area contributed by atoms with Crippen LogP contribution in [0.4, 0.5) is 11.6 Å². The first kappa shape index (κ1) is 21.8. The first-order valence-electron chi connectivity index (χ1n) is 10.8. The highest BCUT2D eigenvalue weighted by molar-refractivity contribution is 6.37. The van der Waals surface area contributed by atoms with E-state index in [4.69, 9.17) is 23.2 Å². The standard InChI is InChI=1S/C24H22Cl2N6O/c1-3-20-21-17(23(33)32(30-20)22-18(25)5-4-6-19(22)26)12-27-24(29-21)28-16-8-7-15-13-31(2)10-9-14(15)11-16/h4-8,11-12H,3,9-10,13H2,1-2H3,(H,27,28,29). The zero-order valence-electron chi connectivity index (χ0n) is 18.3. The summed E-state index contributed by atoms with van der Waals surface area (Å²) in [6, 6.07) is 11.4. The molecule has 3 heterocycles. The van der Waals surface area contributed by atoms with Crippen LogP contribution in [-0.4, -0.2) is 38.2 Å². The molecule has 2 aromatic carbocycles. The van der Waals surface area contributed by atoms with Crippen molar-refractivity contribution in [1.29, 1.82) is 0 Å². The van der Waals surface area contributed by atoms with Crippen molar-refractivity contribution in [2.45, 2.75) is 26.3 Å². The molecule has 0 spiro atoms. The molecule has 7 nitrogen and oxygen atoms in total. The van der Waals surface area contributed by atoms with Crippen molar-refractivity contribution < 1.29 is 0 Å². The zero-order chi connectivity index (χ0) is 23.1. The number of para-hydroxylation sites is 1. The first-order chi connectivity index (χ1) is 15.9. The number of aryl methyl sites for hydroxylation is 1. The number of aromatic nitrogens is 4. The Morgan fingerprint density at radius 1 is 1.12 bits per heavy atom. The number of halogens is 2. The lowest BCUT2D eigenvalue weighted by atomic mass is 9.99. The van der Waals surface area contributed by atoms with E-state index in [1.54, 1.807) is 18.2 Å². The van der Waals surface area contributed by atoms with E-state index in [9.17, 15) is 4.79 Å². The van der Waals surface area contributed by atoms with Crippen LogP contribution in [0.1, 0.15) is 23.7 Å². The summed E-state index contributed by atoms with van der Waals surface area (Å²) in [6.07, 6.45) is 3.11. The average molecular weight is 481 g/mol. The van der Waals surface area contributed by atoms with Gasteiger partial charge in [0.1, 0.15) is 11.2 Å². The fourth-order valence-electron chi connectivity index (χ4n) is 4.13. The molecule has 0 atom stereocenters. The van der Waals surface area contributed by atoms with Crippen LogP contribution < -0.4 is 10.9 Å². The summed E-state index contributed by atoms with van der Waals surface area (Å²) in [5, 5.41) is 8.86. The van der Waals surface area contributed by atoms with Crippen molar-refractivity contribution in [1.82, 2.24) is 24.6 Å². The maximum atomic E-state index is 13.2. The third kappa shape index (κ3) is 4.08. The topological polar surface area (TPSA) is 75.9 Å². The van der Waals surface area contributed by atoms with Gasteiger partial charge in [-0.3, -0.25) is 4.79 Å². The van der Waals surface area contributed by atoms with Gasteiger partial charge in [0.25, 0.3) is 5.56 Å². The van der Waals surface area contributed by atoms with Crippen LogP contribution >= 0.6 is 23.2 Å². The van der Waals surface area contributed by atoms with Gasteiger partial charge in [-0.2, -0.15) is 9.78 Å². The Hall–Kier alpha value is -3.00. The van der Waals surface area contributed by atoms with Gasteiger partial charge < -0.3 is 10.2 Å². The van der Waals surface area contributed by atoms with Crippen molar-refractivity contribution in [3.63, 3.8) is 0 Å². The van der Waals surface area contributed by atoms with Crippen LogP contribution in [0.3, 0.4) is 0 Å². The predicted molar refractivity (Wildman–Crippen MR) is 132 cm³/mol. The van der Waals surface area contributed by atoms with Crippen LogP contribution in [0.25, 0.3) is 16.6 Å². The van der Waals surface area contributed by atoms with E-state index >= 15 is 0 Å². The Balaban J connectivity index is 1.56. The van der Waals surface area contributed by atoms with E-state index in [1.165, 1.54) is 22.0 Å². The molecule has 0 bridgehead atoms. The molecule has 33 heavy (non-hydrogen) atoms. The number of hydrogen-bond acceptors (Lipinski definition) is 6. The fourth-order valence-corrected chi connectivity index (χ4v) is 4.69. The summed E-state index contributed by atoms with van der Waals surface area (Å²) in [5.41, 5.74) is 4.73. The number of nitrogens with one attached hydrogen (secondary N) is 1. The summed E-state index contributed by atoms with van der Waals surface area (Å²) in [6.45, 7) is 3.95. The number of fused-ring (bicyclic) bond motifs is 2. The van der Waals surface area contributed by atoms with Gasteiger partial charge in [0, 0.05) is 25.0 Å². The Bertz CT molecular complexity index is 1410. The van der Waals surface area contributed by atoms with E-state index < -0.39 is 0 Å². The maximum Gasteiger partial charge on any atom is 0.282 e. The zero-order valence-corrected chi connectivity index (χ0v) is 19.8. The van der Waals surface area contributed by atoms with Gasteiger partial charge in [0.2, 0.25) is 5.95 Å². The summed E-state index contributed by atoms with van der Waals surface area (Å²) < 4.78 is 1.24. The minimum atomic E-state index is -0.373. The van der Waals surface area contributed by atoms with Crippen LogP contribution in [0, 0.1) is 0 Å². The lowest BCUT2D eigenvalue weighted by Gasteiger charge is -2.25. The Morgan fingerprint density at radius 3 is 2.67 bits per heavy atom. The van der Waals surface area contributed by atoms with Crippen LogP contribution in [0.15, 0.2) is 47.4 Å². The van der Waals surface area contributed by atoms with E-state index in [0.717, 1.165) is 25.2 Å². The van der Waals surface area contributed by atoms with E-state index in [2.05, 4.69) is 44.5 Å². The summed E-state index contributed by atoms with van der Waals surface area (Å²) >= 11 is 12.7. The molecule has 0 amide bonds. The molecule has 5 rings (SSSR count). The highest BCUT2D eigenvalue weighted by Gasteiger charge is 2.18. The van der Waals surface area contributed by atoms with E-state index in [-0.39, 0.29) is 5.56 Å². The average Bonchev–Trinajstić information content (AvgIpc) is 2.80. The third-order valence-corrected chi connectivity index (χ3v) is 6.47. The molecule has 1 aliphatic rings. The number of hydrogen-bond donors (Lipinski definition) is 1. The molecule has 2 aromatic heterocycles. The second-order valence-electron chi connectivity index (χ2n) is 8.14. The molecule has 1 aliphatic heterocycles. The molecule has 0 unspecified atom stereocenters. The van der Waals surface area contributed by atoms with Crippen molar-refractivity contribution in [2.75, 3.05) is 18.9 Å². The molecule has 4 aromatic rings. The smallest absolute Gasteiger partial charge is 0.282 e. The van der Waals surface area contributed by atoms with Crippen molar-refractivity contribution in [3.05, 3.63) is 79.8 Å². The predicted octanol–water partition coefficient (Wildman–Crippen LogP) is 4.78. The second kappa shape index (κ2) is 8.74.